The summed E-state index contributed by atoms with van der Waals surface area (Å²) in [6.07, 6.45) is 3.93. The second-order valence-electron chi connectivity index (χ2n) is 6.19. The Bertz CT molecular complexity index is 1220. The fourth-order valence-electron chi connectivity index (χ4n) is 2.80. The van der Waals surface area contributed by atoms with E-state index in [0.717, 1.165) is 22.5 Å². The topological polar surface area (TPSA) is 135 Å². The van der Waals surface area contributed by atoms with Crippen LogP contribution in [0.3, 0.4) is 0 Å². The largest absolute Gasteiger partial charge is 0.389 e. The van der Waals surface area contributed by atoms with E-state index in [1.165, 1.54) is 24.4 Å². The molecule has 1 aromatic heterocycles. The molecule has 29 heavy (non-hydrogen) atoms. The zero-order chi connectivity index (χ0) is 20.9. The van der Waals surface area contributed by atoms with Gasteiger partial charge in [-0.15, -0.1) is 0 Å². The van der Waals surface area contributed by atoms with Crippen LogP contribution in [0.25, 0.3) is 10.9 Å². The Kier molecular flexibility index (Phi) is 5.97. The van der Waals surface area contributed by atoms with E-state index in [9.17, 15) is 18.5 Å². The van der Waals surface area contributed by atoms with Gasteiger partial charge in [-0.05, 0) is 36.2 Å². The maximum atomic E-state index is 12.2. The Hall–Kier alpha value is -3.61. The van der Waals surface area contributed by atoms with Crippen molar-refractivity contribution in [3.8, 4) is 6.07 Å². The average molecular weight is 410 g/mol. The molecular weight excluding hydrogens is 392 g/mol. The van der Waals surface area contributed by atoms with Crippen molar-refractivity contribution >= 4 is 32.6 Å². The third kappa shape index (κ3) is 5.01. The van der Waals surface area contributed by atoms with Gasteiger partial charge >= 0.3 is 0 Å². The zero-order valence-corrected chi connectivity index (χ0v) is 16.0. The molecule has 0 aliphatic heterocycles. The highest BCUT2D eigenvalue weighted by Crippen LogP contribution is 2.18. The second-order valence-corrected chi connectivity index (χ2v) is 7.61. The summed E-state index contributed by atoms with van der Waals surface area (Å²) < 4.78 is 31.4. The smallest absolute Gasteiger partial charge is 0.294 e. The molecule has 2 aromatic carbocycles. The summed E-state index contributed by atoms with van der Waals surface area (Å²) in [5.74, 6) is -0.695. The van der Waals surface area contributed by atoms with Gasteiger partial charge in [0.15, 0.2) is 0 Å². The Morgan fingerprint density at radius 3 is 2.76 bits per heavy atom. The van der Waals surface area contributed by atoms with Crippen LogP contribution in [-0.2, 0) is 21.3 Å². The number of benzene rings is 2. The second kappa shape index (κ2) is 8.60. The number of carbonyl (C=O) groups is 1. The summed E-state index contributed by atoms with van der Waals surface area (Å²) in [6, 6.07) is 14.8. The summed E-state index contributed by atoms with van der Waals surface area (Å²) in [4.78, 5) is 15.1. The maximum absolute atomic E-state index is 12.2. The van der Waals surface area contributed by atoms with E-state index in [4.69, 9.17) is 4.55 Å². The van der Waals surface area contributed by atoms with Gasteiger partial charge in [-0.2, -0.15) is 13.7 Å². The summed E-state index contributed by atoms with van der Waals surface area (Å²) in [5, 5.41) is 15.7. The first-order valence-corrected chi connectivity index (χ1v) is 10.1. The van der Waals surface area contributed by atoms with E-state index in [1.54, 1.807) is 6.07 Å². The number of hydrogen-bond donors (Lipinski definition) is 4. The molecule has 0 aliphatic carbocycles. The van der Waals surface area contributed by atoms with Gasteiger partial charge in [0.2, 0.25) is 0 Å². The van der Waals surface area contributed by atoms with Gasteiger partial charge in [0, 0.05) is 35.5 Å². The normalized spacial score (nSPS) is 11.8. The van der Waals surface area contributed by atoms with Crippen molar-refractivity contribution in [3.63, 3.8) is 0 Å². The number of H-pyrrole nitrogens is 1. The molecule has 0 saturated carbocycles. The van der Waals surface area contributed by atoms with Crippen LogP contribution in [0.1, 0.15) is 5.56 Å². The molecular formula is C20H18N4O4S. The van der Waals surface area contributed by atoms with Crippen LogP contribution in [0.15, 0.2) is 71.4 Å². The molecule has 9 heteroatoms. The predicted molar refractivity (Wildman–Crippen MR) is 109 cm³/mol. The number of rotatable bonds is 7. The quantitative estimate of drug-likeness (QED) is 0.205. The number of fused-ring (bicyclic) bond motifs is 1. The molecule has 3 rings (SSSR count). The molecule has 0 bridgehead atoms. The molecule has 0 radical (unpaired) electrons. The van der Waals surface area contributed by atoms with Crippen molar-refractivity contribution in [1.82, 2.24) is 10.3 Å². The first-order chi connectivity index (χ1) is 13.9. The predicted octanol–water partition coefficient (Wildman–Crippen LogP) is 2.59. The van der Waals surface area contributed by atoms with Crippen molar-refractivity contribution in [2.75, 3.05) is 11.9 Å². The highest BCUT2D eigenvalue weighted by atomic mass is 32.2. The van der Waals surface area contributed by atoms with Crippen LogP contribution in [0.5, 0.6) is 0 Å². The minimum atomic E-state index is -4.39. The first-order valence-electron chi connectivity index (χ1n) is 8.66. The number of aromatic nitrogens is 1. The number of hydrogen-bond acceptors (Lipinski definition) is 5. The van der Waals surface area contributed by atoms with E-state index in [0.29, 0.717) is 13.0 Å². The van der Waals surface area contributed by atoms with Crippen LogP contribution in [-0.4, -0.2) is 30.4 Å². The van der Waals surface area contributed by atoms with Crippen LogP contribution < -0.4 is 10.6 Å². The number of carbonyl (C=O) groups excluding carboxylic acids is 1. The van der Waals surface area contributed by atoms with Crippen LogP contribution in [0.2, 0.25) is 0 Å². The standard InChI is InChI=1S/C20H18N4O4S/c21-11-15(20(25)24-16-4-3-5-17(10-16)29(26,27)28)12-22-9-8-14-13-23-19-7-2-1-6-18(14)19/h1-7,10,12-13,22-23H,8-9H2,(H,24,25)(H,26,27,28)/b15-12-. The van der Waals surface area contributed by atoms with E-state index in [1.807, 2.05) is 30.5 Å². The lowest BCUT2D eigenvalue weighted by molar-refractivity contribution is -0.112. The molecule has 1 amide bonds. The van der Waals surface area contributed by atoms with E-state index in [2.05, 4.69) is 15.6 Å². The molecule has 8 nitrogen and oxygen atoms in total. The fourth-order valence-corrected chi connectivity index (χ4v) is 3.33. The minimum Gasteiger partial charge on any atom is -0.389 e. The van der Waals surface area contributed by atoms with Crippen LogP contribution in [0, 0.1) is 11.3 Å². The molecule has 0 fully saturated rings. The molecule has 0 atom stereocenters. The van der Waals surface area contributed by atoms with E-state index >= 15 is 0 Å². The highest BCUT2D eigenvalue weighted by molar-refractivity contribution is 7.85. The summed E-state index contributed by atoms with van der Waals surface area (Å²) in [5.41, 5.74) is 2.14. The third-order valence-electron chi connectivity index (χ3n) is 4.21. The summed E-state index contributed by atoms with van der Waals surface area (Å²) in [7, 11) is -4.39. The van der Waals surface area contributed by atoms with Crippen LogP contribution in [0.4, 0.5) is 5.69 Å². The van der Waals surface area contributed by atoms with Gasteiger partial charge < -0.3 is 15.6 Å². The lowest BCUT2D eigenvalue weighted by atomic mass is 10.1. The molecule has 4 N–H and O–H groups in total. The minimum absolute atomic E-state index is 0.144. The van der Waals surface area contributed by atoms with Gasteiger partial charge in [0.25, 0.3) is 16.0 Å². The lowest BCUT2D eigenvalue weighted by Crippen LogP contribution is -2.18. The summed E-state index contributed by atoms with van der Waals surface area (Å²) in [6.45, 7) is 0.512. The van der Waals surface area contributed by atoms with Crippen LogP contribution >= 0.6 is 0 Å². The average Bonchev–Trinajstić information content (AvgIpc) is 3.11. The zero-order valence-electron chi connectivity index (χ0n) is 15.2. The van der Waals surface area contributed by atoms with Crippen molar-refractivity contribution in [2.45, 2.75) is 11.3 Å². The van der Waals surface area contributed by atoms with Crippen molar-refractivity contribution in [3.05, 3.63) is 72.1 Å². The first kappa shape index (κ1) is 20.1. The molecule has 3 aromatic rings. The monoisotopic (exact) mass is 410 g/mol. The number of nitrogens with one attached hydrogen (secondary N) is 3. The van der Waals surface area contributed by atoms with E-state index in [-0.39, 0.29) is 16.2 Å². The van der Waals surface area contributed by atoms with Gasteiger partial charge in [0.05, 0.1) is 4.90 Å². The molecule has 0 spiro atoms. The summed E-state index contributed by atoms with van der Waals surface area (Å²) >= 11 is 0. The van der Waals surface area contributed by atoms with Gasteiger partial charge in [-0.3, -0.25) is 9.35 Å². The molecule has 0 aliphatic rings. The number of nitriles is 1. The lowest BCUT2D eigenvalue weighted by Gasteiger charge is -2.06. The Balaban J connectivity index is 1.61. The van der Waals surface area contributed by atoms with Crippen molar-refractivity contribution < 1.29 is 17.8 Å². The number of anilines is 1. The third-order valence-corrected chi connectivity index (χ3v) is 5.06. The Morgan fingerprint density at radius 1 is 1.21 bits per heavy atom. The van der Waals surface area contributed by atoms with Crippen molar-refractivity contribution in [2.24, 2.45) is 0 Å². The van der Waals surface area contributed by atoms with E-state index < -0.39 is 16.0 Å². The van der Waals surface area contributed by atoms with Gasteiger partial charge in [-0.1, -0.05) is 24.3 Å². The Morgan fingerprint density at radius 2 is 2.00 bits per heavy atom. The maximum Gasteiger partial charge on any atom is 0.294 e. The number of aromatic amines is 1. The molecule has 1 heterocycles. The highest BCUT2D eigenvalue weighted by Gasteiger charge is 2.13. The Labute approximate surface area is 167 Å². The van der Waals surface area contributed by atoms with Gasteiger partial charge in [-0.25, -0.2) is 0 Å². The van der Waals surface area contributed by atoms with Gasteiger partial charge in [0.1, 0.15) is 11.6 Å². The van der Waals surface area contributed by atoms with Crippen molar-refractivity contribution in [1.29, 1.82) is 5.26 Å². The SMILES string of the molecule is N#C/C(=C/NCCc1c[nH]c2ccccc12)C(=O)Nc1cccc(S(=O)(=O)O)c1. The molecule has 148 valence electrons. The molecule has 0 unspecified atom stereocenters. The number of para-hydroxylation sites is 1. The number of amides is 1. The fraction of sp³-hybridized carbons (Fsp3) is 0.100. The number of nitrogens with zero attached hydrogens (tertiary/aromatic N) is 1. The molecule has 0 saturated heterocycles.